The summed E-state index contributed by atoms with van der Waals surface area (Å²) in [5.41, 5.74) is 2.14. The Labute approximate surface area is 179 Å². The molecule has 1 aromatic heterocycles. The minimum atomic E-state index is -0.577. The molecule has 5 nitrogen and oxygen atoms in total. The van der Waals surface area contributed by atoms with Crippen LogP contribution < -0.4 is 10.6 Å². The molecule has 0 fully saturated rings. The van der Waals surface area contributed by atoms with Crippen molar-refractivity contribution < 1.29 is 14.3 Å². The van der Waals surface area contributed by atoms with Gasteiger partial charge in [-0.1, -0.05) is 45.4 Å². The Hall–Kier alpha value is -2.34. The Morgan fingerprint density at radius 3 is 2.10 bits per heavy atom. The van der Waals surface area contributed by atoms with Crippen LogP contribution in [0, 0.1) is 6.92 Å². The Balaban J connectivity index is 0.00000184. The molecule has 29 heavy (non-hydrogen) atoms. The molecule has 1 unspecified atom stereocenters. The fourth-order valence-electron chi connectivity index (χ4n) is 2.20. The smallest absolute Gasteiger partial charge is 0.407 e. The van der Waals surface area contributed by atoms with E-state index in [0.29, 0.717) is 0 Å². The molecular formula is C23H36N2O3S. The average molecular weight is 421 g/mol. The molecule has 1 heterocycles. The van der Waals surface area contributed by atoms with Crippen LogP contribution in [0.25, 0.3) is 0 Å². The van der Waals surface area contributed by atoms with E-state index in [1.54, 1.807) is 20.8 Å². The van der Waals surface area contributed by atoms with Crippen molar-refractivity contribution in [1.82, 2.24) is 5.32 Å². The number of alkyl carbamates (subject to hydrolysis) is 1. The van der Waals surface area contributed by atoms with Crippen molar-refractivity contribution in [3.05, 3.63) is 52.2 Å². The summed E-state index contributed by atoms with van der Waals surface area (Å²) in [5.74, 6) is -0.654. The molecule has 6 heteroatoms. The Morgan fingerprint density at radius 1 is 1.03 bits per heavy atom. The van der Waals surface area contributed by atoms with Crippen molar-refractivity contribution in [1.29, 1.82) is 0 Å². The monoisotopic (exact) mass is 420 g/mol. The van der Waals surface area contributed by atoms with Crippen LogP contribution in [0.3, 0.4) is 0 Å². The molecule has 162 valence electrons. The van der Waals surface area contributed by atoms with Crippen LogP contribution in [-0.2, 0) is 9.53 Å². The lowest BCUT2D eigenvalue weighted by atomic mass is 10.0. The van der Waals surface area contributed by atoms with Crippen molar-refractivity contribution in [2.24, 2.45) is 0 Å². The molecule has 0 aliphatic carbocycles. The molecule has 0 radical (unpaired) electrons. The van der Waals surface area contributed by atoms with Gasteiger partial charge in [-0.15, -0.1) is 0 Å². The van der Waals surface area contributed by atoms with Crippen LogP contribution >= 0.6 is 11.3 Å². The molecule has 0 saturated heterocycles. The lowest BCUT2D eigenvalue weighted by Crippen LogP contribution is -2.37. The third-order valence-corrected chi connectivity index (χ3v) is 4.13. The van der Waals surface area contributed by atoms with Crippen LogP contribution in [0.4, 0.5) is 10.5 Å². The van der Waals surface area contributed by atoms with Gasteiger partial charge >= 0.3 is 6.09 Å². The number of nitrogens with one attached hydrogen (secondary N) is 2. The summed E-state index contributed by atoms with van der Waals surface area (Å²) < 4.78 is 5.24. The lowest BCUT2D eigenvalue weighted by molar-refractivity contribution is -0.117. The maximum absolute atomic E-state index is 12.7. The Kier molecular flexibility index (Phi) is 12.7. The predicted molar refractivity (Wildman–Crippen MR) is 124 cm³/mol. The first kappa shape index (κ1) is 26.7. The second-order valence-electron chi connectivity index (χ2n) is 6.85. The van der Waals surface area contributed by atoms with Gasteiger partial charge in [0.15, 0.2) is 0 Å². The summed E-state index contributed by atoms with van der Waals surface area (Å²) in [7, 11) is 0. The summed E-state index contributed by atoms with van der Waals surface area (Å²) in [6.45, 7) is 15.6. The summed E-state index contributed by atoms with van der Waals surface area (Å²) in [6.07, 6.45) is -0.532. The quantitative estimate of drug-likeness (QED) is 0.592. The number of hydrogen-bond acceptors (Lipinski definition) is 4. The first-order valence-electron chi connectivity index (χ1n) is 10.1. The standard InChI is InChI=1S/C19H24N2O3S.2C2H6/c1-13-5-7-15(8-6-13)21-17(22)16(14-9-10-25-12-14)11-20-18(23)24-19(2,3)4;2*1-2/h5-10,12,16H,11H2,1-4H3,(H,20,23)(H,21,22);2*1-2H3. The highest BCUT2D eigenvalue weighted by atomic mass is 32.1. The SMILES string of the molecule is CC.CC.Cc1ccc(NC(=O)C(CNC(=O)OC(C)(C)C)c2ccsc2)cc1. The van der Waals surface area contributed by atoms with Gasteiger partial charge in [-0.25, -0.2) is 4.79 Å². The number of anilines is 1. The van der Waals surface area contributed by atoms with Gasteiger partial charge in [0.2, 0.25) is 5.91 Å². The van der Waals surface area contributed by atoms with Crippen molar-refractivity contribution in [3.63, 3.8) is 0 Å². The number of aryl methyl sites for hydroxylation is 1. The summed E-state index contributed by atoms with van der Waals surface area (Å²) >= 11 is 1.51. The highest BCUT2D eigenvalue weighted by Crippen LogP contribution is 2.21. The highest BCUT2D eigenvalue weighted by Gasteiger charge is 2.24. The van der Waals surface area contributed by atoms with E-state index in [9.17, 15) is 9.59 Å². The van der Waals surface area contributed by atoms with Gasteiger partial charge in [0.25, 0.3) is 0 Å². The van der Waals surface area contributed by atoms with Gasteiger partial charge in [0.05, 0.1) is 5.92 Å². The third kappa shape index (κ3) is 10.7. The molecule has 2 amide bonds. The molecule has 0 aliphatic rings. The van der Waals surface area contributed by atoms with Crippen molar-refractivity contribution >= 4 is 29.0 Å². The number of carbonyl (C=O) groups is 2. The van der Waals surface area contributed by atoms with Crippen LogP contribution in [0.5, 0.6) is 0 Å². The zero-order valence-electron chi connectivity index (χ0n) is 19.0. The van der Waals surface area contributed by atoms with Gasteiger partial charge in [-0.2, -0.15) is 11.3 Å². The number of hydrogen-bond donors (Lipinski definition) is 2. The summed E-state index contributed by atoms with van der Waals surface area (Å²) in [4.78, 5) is 24.6. The predicted octanol–water partition coefficient (Wildman–Crippen LogP) is 6.36. The van der Waals surface area contributed by atoms with E-state index in [-0.39, 0.29) is 12.5 Å². The minimum Gasteiger partial charge on any atom is -0.444 e. The number of rotatable bonds is 5. The maximum atomic E-state index is 12.7. The second kappa shape index (κ2) is 13.8. The fraction of sp³-hybridized carbons (Fsp3) is 0.478. The zero-order chi connectivity index (χ0) is 22.4. The number of thiophene rings is 1. The van der Waals surface area contributed by atoms with E-state index < -0.39 is 17.6 Å². The van der Waals surface area contributed by atoms with Crippen molar-refractivity contribution in [2.75, 3.05) is 11.9 Å². The van der Waals surface area contributed by atoms with E-state index in [4.69, 9.17) is 4.74 Å². The van der Waals surface area contributed by atoms with Crippen LogP contribution in [0.2, 0.25) is 0 Å². The van der Waals surface area contributed by atoms with E-state index in [1.165, 1.54) is 11.3 Å². The first-order chi connectivity index (χ1) is 13.7. The Morgan fingerprint density at radius 2 is 1.62 bits per heavy atom. The number of amides is 2. The van der Waals surface area contributed by atoms with Crippen molar-refractivity contribution in [3.8, 4) is 0 Å². The molecular weight excluding hydrogens is 384 g/mol. The lowest BCUT2D eigenvalue weighted by Gasteiger charge is -2.21. The average Bonchev–Trinajstić information content (AvgIpc) is 3.20. The summed E-state index contributed by atoms with van der Waals surface area (Å²) in [6, 6.07) is 9.49. The van der Waals surface area contributed by atoms with E-state index in [0.717, 1.165) is 16.8 Å². The van der Waals surface area contributed by atoms with Crippen molar-refractivity contribution in [2.45, 2.75) is 66.9 Å². The first-order valence-corrected chi connectivity index (χ1v) is 11.1. The Bertz CT molecular complexity index is 705. The largest absolute Gasteiger partial charge is 0.444 e. The van der Waals surface area contributed by atoms with Crippen LogP contribution in [0.15, 0.2) is 41.1 Å². The third-order valence-electron chi connectivity index (χ3n) is 3.43. The van der Waals surface area contributed by atoms with E-state index in [1.807, 2.05) is 75.7 Å². The molecule has 1 atom stereocenters. The zero-order valence-corrected chi connectivity index (χ0v) is 19.8. The molecule has 2 rings (SSSR count). The molecule has 0 spiro atoms. The molecule has 1 aromatic carbocycles. The molecule has 2 N–H and O–H groups in total. The summed E-state index contributed by atoms with van der Waals surface area (Å²) in [5, 5.41) is 9.41. The minimum absolute atomic E-state index is 0.168. The van der Waals surface area contributed by atoms with E-state index >= 15 is 0 Å². The second-order valence-corrected chi connectivity index (χ2v) is 7.63. The number of benzene rings is 1. The molecule has 0 bridgehead atoms. The van der Waals surface area contributed by atoms with Gasteiger partial charge < -0.3 is 15.4 Å². The van der Waals surface area contributed by atoms with Crippen LogP contribution in [-0.4, -0.2) is 24.1 Å². The van der Waals surface area contributed by atoms with Gasteiger partial charge in [0.1, 0.15) is 5.60 Å². The number of ether oxygens (including phenoxy) is 1. The molecule has 0 aliphatic heterocycles. The van der Waals surface area contributed by atoms with Gasteiger partial charge in [-0.05, 0) is 62.2 Å². The van der Waals surface area contributed by atoms with Gasteiger partial charge in [-0.3, -0.25) is 4.79 Å². The van der Waals surface area contributed by atoms with Gasteiger partial charge in [0, 0.05) is 12.2 Å². The highest BCUT2D eigenvalue weighted by molar-refractivity contribution is 7.08. The topological polar surface area (TPSA) is 67.4 Å². The maximum Gasteiger partial charge on any atom is 0.407 e. The number of carbonyl (C=O) groups excluding carboxylic acids is 2. The molecule has 0 saturated carbocycles. The van der Waals surface area contributed by atoms with Crippen LogP contribution in [0.1, 0.15) is 65.5 Å². The van der Waals surface area contributed by atoms with E-state index in [2.05, 4.69) is 10.6 Å². The molecule has 2 aromatic rings. The normalized spacial score (nSPS) is 11.0. The fourth-order valence-corrected chi connectivity index (χ4v) is 2.92.